The molecule has 0 fully saturated rings. The van der Waals surface area contributed by atoms with Gasteiger partial charge in [-0.25, -0.2) is 0 Å². The van der Waals surface area contributed by atoms with Crippen LogP contribution in [0.5, 0.6) is 0 Å². The highest BCUT2D eigenvalue weighted by atomic mass is 35.5. The molecule has 1 aromatic rings. The molecule has 76 valence electrons. The Hall–Kier alpha value is -0.313. The molecular weight excluding hydrogens is 212 g/mol. The fraction of sp³-hybridized carbons (Fsp3) is 0.455. The molecule has 0 heterocycles. The predicted molar refractivity (Wildman–Crippen MR) is 62.1 cm³/mol. The van der Waals surface area contributed by atoms with Gasteiger partial charge in [0.25, 0.3) is 0 Å². The second-order valence-electron chi connectivity index (χ2n) is 3.15. The molecule has 0 unspecified atom stereocenters. The van der Waals surface area contributed by atoms with E-state index in [2.05, 4.69) is 13.0 Å². The van der Waals surface area contributed by atoms with E-state index in [4.69, 9.17) is 16.0 Å². The Bertz CT molecular complexity index is 289. The maximum absolute atomic E-state index is 5.93. The minimum atomic E-state index is 0.608. The minimum Gasteiger partial charge on any atom is -0.418 e. The van der Waals surface area contributed by atoms with Crippen LogP contribution in [0, 0.1) is 6.92 Å². The molecule has 0 bridgehead atoms. The van der Waals surface area contributed by atoms with Crippen LogP contribution in [0.25, 0.3) is 0 Å². The van der Waals surface area contributed by atoms with Crippen molar-refractivity contribution in [3.8, 4) is 0 Å². The molecule has 14 heavy (non-hydrogen) atoms. The van der Waals surface area contributed by atoms with Crippen molar-refractivity contribution in [3.63, 3.8) is 0 Å². The molecule has 0 saturated heterocycles. The van der Waals surface area contributed by atoms with Gasteiger partial charge in [0.1, 0.15) is 0 Å². The van der Waals surface area contributed by atoms with E-state index >= 15 is 0 Å². The first kappa shape index (κ1) is 11.8. The average Bonchev–Trinajstić information content (AvgIpc) is 2.18. The van der Waals surface area contributed by atoms with Gasteiger partial charge in [-0.2, -0.15) is 0 Å². The first-order valence-electron chi connectivity index (χ1n) is 4.83. The van der Waals surface area contributed by atoms with Crippen LogP contribution in [-0.2, 0) is 10.8 Å². The molecular formula is C11H15ClOSi. The van der Waals surface area contributed by atoms with E-state index < -0.39 is 0 Å². The monoisotopic (exact) mass is 226 g/mol. The van der Waals surface area contributed by atoms with Crippen molar-refractivity contribution in [1.29, 1.82) is 0 Å². The van der Waals surface area contributed by atoms with E-state index in [9.17, 15) is 0 Å². The molecule has 0 atom stereocenters. The van der Waals surface area contributed by atoms with Gasteiger partial charge in [-0.05, 0) is 49.6 Å². The zero-order chi connectivity index (χ0) is 10.4. The number of hydrogen-bond donors (Lipinski definition) is 0. The SMILES string of the molecule is CCO[Si]CCc1cc(Cl)ccc1C. The smallest absolute Gasteiger partial charge is 0.229 e. The number of aryl methyl sites for hydroxylation is 2. The maximum atomic E-state index is 5.93. The molecule has 0 aliphatic carbocycles. The maximum Gasteiger partial charge on any atom is 0.229 e. The summed E-state index contributed by atoms with van der Waals surface area (Å²) >= 11 is 5.93. The molecule has 0 aliphatic heterocycles. The standard InChI is InChI=1S/C11H15ClOSi/c1-3-13-14-7-6-10-8-11(12)5-4-9(10)2/h4-5,8H,3,6-7H2,1-2H3. The van der Waals surface area contributed by atoms with E-state index in [1.165, 1.54) is 11.1 Å². The first-order chi connectivity index (χ1) is 6.74. The molecule has 0 saturated carbocycles. The molecule has 1 aromatic carbocycles. The molecule has 1 rings (SSSR count). The van der Waals surface area contributed by atoms with Crippen molar-refractivity contribution in [3.05, 3.63) is 34.3 Å². The summed E-state index contributed by atoms with van der Waals surface area (Å²) in [7, 11) is 0.608. The lowest BCUT2D eigenvalue weighted by Crippen LogP contribution is -2.00. The van der Waals surface area contributed by atoms with Gasteiger partial charge in [0.05, 0.1) is 0 Å². The summed E-state index contributed by atoms with van der Waals surface area (Å²) < 4.78 is 5.32. The van der Waals surface area contributed by atoms with Crippen molar-refractivity contribution >= 4 is 21.4 Å². The van der Waals surface area contributed by atoms with Crippen molar-refractivity contribution in [2.24, 2.45) is 0 Å². The Morgan fingerprint density at radius 1 is 1.43 bits per heavy atom. The second-order valence-corrected chi connectivity index (χ2v) is 4.66. The molecule has 0 amide bonds. The van der Waals surface area contributed by atoms with Gasteiger partial charge in [-0.1, -0.05) is 17.7 Å². The highest BCUT2D eigenvalue weighted by molar-refractivity contribution is 6.30. The summed E-state index contributed by atoms with van der Waals surface area (Å²) in [4.78, 5) is 0. The van der Waals surface area contributed by atoms with Crippen LogP contribution >= 0.6 is 11.6 Å². The van der Waals surface area contributed by atoms with Crippen LogP contribution in [0.1, 0.15) is 18.1 Å². The van der Waals surface area contributed by atoms with Gasteiger partial charge in [0.2, 0.25) is 9.76 Å². The molecule has 0 N–H and O–H groups in total. The van der Waals surface area contributed by atoms with Gasteiger partial charge in [0, 0.05) is 11.6 Å². The lowest BCUT2D eigenvalue weighted by atomic mass is 10.1. The third kappa shape index (κ3) is 3.82. The lowest BCUT2D eigenvalue weighted by molar-refractivity contribution is 0.360. The Balaban J connectivity index is 2.45. The summed E-state index contributed by atoms with van der Waals surface area (Å²) in [6, 6.07) is 7.15. The first-order valence-corrected chi connectivity index (χ1v) is 6.33. The summed E-state index contributed by atoms with van der Waals surface area (Å²) in [6.07, 6.45) is 1.06. The van der Waals surface area contributed by atoms with Gasteiger partial charge < -0.3 is 4.43 Å². The number of halogens is 1. The van der Waals surface area contributed by atoms with E-state index in [1.54, 1.807) is 0 Å². The van der Waals surface area contributed by atoms with E-state index in [-0.39, 0.29) is 0 Å². The minimum absolute atomic E-state index is 0.608. The Morgan fingerprint density at radius 2 is 2.21 bits per heavy atom. The molecule has 0 aliphatic rings. The molecule has 2 radical (unpaired) electrons. The van der Waals surface area contributed by atoms with Gasteiger partial charge in [-0.15, -0.1) is 0 Å². The lowest BCUT2D eigenvalue weighted by Gasteiger charge is -2.05. The molecule has 0 aromatic heterocycles. The Labute approximate surface area is 93.4 Å². The summed E-state index contributed by atoms with van der Waals surface area (Å²) in [5, 5.41) is 0.824. The predicted octanol–water partition coefficient (Wildman–Crippen LogP) is 3.26. The van der Waals surface area contributed by atoms with Crippen LogP contribution in [0.15, 0.2) is 18.2 Å². The van der Waals surface area contributed by atoms with Gasteiger partial charge in [-0.3, -0.25) is 0 Å². The number of benzene rings is 1. The normalized spacial score (nSPS) is 10.5. The van der Waals surface area contributed by atoms with Crippen LogP contribution in [0.3, 0.4) is 0 Å². The fourth-order valence-electron chi connectivity index (χ4n) is 1.27. The Morgan fingerprint density at radius 3 is 2.93 bits per heavy atom. The quantitative estimate of drug-likeness (QED) is 0.553. The Kier molecular flexibility index (Phi) is 5.23. The van der Waals surface area contributed by atoms with Gasteiger partial charge >= 0.3 is 0 Å². The highest BCUT2D eigenvalue weighted by Crippen LogP contribution is 2.16. The van der Waals surface area contributed by atoms with Crippen LogP contribution in [0.4, 0.5) is 0 Å². The second kappa shape index (κ2) is 6.22. The summed E-state index contributed by atoms with van der Waals surface area (Å²) in [5.74, 6) is 0. The molecule has 3 heteroatoms. The van der Waals surface area contributed by atoms with Crippen molar-refractivity contribution in [1.82, 2.24) is 0 Å². The zero-order valence-corrected chi connectivity index (χ0v) is 10.4. The molecule has 0 spiro atoms. The van der Waals surface area contributed by atoms with Gasteiger partial charge in [0.15, 0.2) is 0 Å². The number of hydrogen-bond acceptors (Lipinski definition) is 1. The highest BCUT2D eigenvalue weighted by Gasteiger charge is 2.00. The fourth-order valence-corrected chi connectivity index (χ4v) is 2.18. The van der Waals surface area contributed by atoms with E-state index in [1.807, 2.05) is 19.1 Å². The van der Waals surface area contributed by atoms with E-state index in [0.717, 1.165) is 24.1 Å². The van der Waals surface area contributed by atoms with Crippen LogP contribution in [-0.4, -0.2) is 16.4 Å². The number of rotatable bonds is 5. The zero-order valence-electron chi connectivity index (χ0n) is 8.64. The third-order valence-electron chi connectivity index (χ3n) is 2.05. The van der Waals surface area contributed by atoms with E-state index in [0.29, 0.717) is 9.76 Å². The topological polar surface area (TPSA) is 9.23 Å². The largest absolute Gasteiger partial charge is 0.418 e. The summed E-state index contributed by atoms with van der Waals surface area (Å²) in [6.45, 7) is 4.96. The summed E-state index contributed by atoms with van der Waals surface area (Å²) in [5.41, 5.74) is 2.65. The van der Waals surface area contributed by atoms with Crippen molar-refractivity contribution in [2.45, 2.75) is 26.3 Å². The van der Waals surface area contributed by atoms with Crippen LogP contribution < -0.4 is 0 Å². The average molecular weight is 227 g/mol. The third-order valence-corrected chi connectivity index (χ3v) is 3.24. The molecule has 1 nitrogen and oxygen atoms in total. The van der Waals surface area contributed by atoms with Crippen LogP contribution in [0.2, 0.25) is 11.1 Å². The van der Waals surface area contributed by atoms with Crippen molar-refractivity contribution in [2.75, 3.05) is 6.61 Å². The van der Waals surface area contributed by atoms with Crippen molar-refractivity contribution < 1.29 is 4.43 Å².